The predicted octanol–water partition coefficient (Wildman–Crippen LogP) is 3.32. The van der Waals surface area contributed by atoms with Gasteiger partial charge in [0.25, 0.3) is 0 Å². The van der Waals surface area contributed by atoms with Gasteiger partial charge in [-0.3, -0.25) is 0 Å². The quantitative estimate of drug-likeness (QED) is 0.874. The molecule has 0 aliphatic rings. The molecule has 0 aromatic heterocycles. The summed E-state index contributed by atoms with van der Waals surface area (Å²) in [5.74, 6) is 0.625. The Morgan fingerprint density at radius 3 is 2.41 bits per heavy atom. The summed E-state index contributed by atoms with van der Waals surface area (Å²) in [5.41, 5.74) is 8.08. The van der Waals surface area contributed by atoms with E-state index in [2.05, 4.69) is 37.9 Å². The van der Waals surface area contributed by atoms with Crippen LogP contribution in [0, 0.1) is 5.92 Å². The lowest BCUT2D eigenvalue weighted by atomic mass is 10.1. The molecule has 17 heavy (non-hydrogen) atoms. The number of halogens is 1. The zero-order valence-corrected chi connectivity index (χ0v) is 12.0. The molecular formula is C14H23ClN2. The smallest absolute Gasteiger partial charge is 0.0642 e. The molecule has 0 amide bonds. The number of nitrogens with zero attached hydrogens (tertiary/aromatic N) is 1. The van der Waals surface area contributed by atoms with Crippen LogP contribution >= 0.6 is 11.6 Å². The van der Waals surface area contributed by atoms with Gasteiger partial charge in [-0.2, -0.15) is 0 Å². The first-order chi connectivity index (χ1) is 7.90. The van der Waals surface area contributed by atoms with E-state index < -0.39 is 0 Å². The first kappa shape index (κ1) is 14.3. The first-order valence-corrected chi connectivity index (χ1v) is 6.53. The van der Waals surface area contributed by atoms with Crippen molar-refractivity contribution in [1.29, 1.82) is 0 Å². The summed E-state index contributed by atoms with van der Waals surface area (Å²) >= 11 is 6.31. The second kappa shape index (κ2) is 6.27. The van der Waals surface area contributed by atoms with E-state index in [1.807, 2.05) is 13.0 Å². The number of benzene rings is 1. The molecule has 0 aliphatic heterocycles. The molecule has 2 N–H and O–H groups in total. The van der Waals surface area contributed by atoms with Crippen molar-refractivity contribution in [2.75, 3.05) is 18.5 Å². The molecule has 1 aromatic rings. The molecule has 0 fully saturated rings. The maximum atomic E-state index is 6.31. The van der Waals surface area contributed by atoms with Gasteiger partial charge in [-0.15, -0.1) is 0 Å². The van der Waals surface area contributed by atoms with Crippen LogP contribution in [0.2, 0.25) is 5.02 Å². The Labute approximate surface area is 110 Å². The Balaban J connectivity index is 2.82. The van der Waals surface area contributed by atoms with Gasteiger partial charge in [0.2, 0.25) is 0 Å². The van der Waals surface area contributed by atoms with Gasteiger partial charge < -0.3 is 10.6 Å². The average Bonchev–Trinajstić information content (AvgIpc) is 2.14. The van der Waals surface area contributed by atoms with E-state index in [4.69, 9.17) is 17.3 Å². The van der Waals surface area contributed by atoms with Crippen LogP contribution in [-0.2, 0) is 6.42 Å². The van der Waals surface area contributed by atoms with Gasteiger partial charge >= 0.3 is 0 Å². The predicted molar refractivity (Wildman–Crippen MR) is 76.9 cm³/mol. The molecule has 1 aromatic carbocycles. The highest BCUT2D eigenvalue weighted by atomic mass is 35.5. The Hall–Kier alpha value is -0.730. The Kier molecular flexibility index (Phi) is 5.29. The largest absolute Gasteiger partial charge is 0.373 e. The second-order valence-electron chi connectivity index (χ2n) is 5.24. The molecule has 0 aliphatic carbocycles. The van der Waals surface area contributed by atoms with Crippen LogP contribution in [0.3, 0.4) is 0 Å². The molecule has 1 rings (SSSR count). The lowest BCUT2D eigenvalue weighted by Crippen LogP contribution is -2.23. The SMILES string of the molecule is CC(C)CN(C)c1ccc(CC(C)N)cc1Cl. The van der Waals surface area contributed by atoms with Gasteiger partial charge in [0.05, 0.1) is 10.7 Å². The van der Waals surface area contributed by atoms with Gasteiger partial charge in [-0.05, 0) is 37.0 Å². The van der Waals surface area contributed by atoms with E-state index in [9.17, 15) is 0 Å². The summed E-state index contributed by atoms with van der Waals surface area (Å²) in [6, 6.07) is 6.39. The molecule has 1 atom stereocenters. The summed E-state index contributed by atoms with van der Waals surface area (Å²) in [5, 5.41) is 0.811. The normalized spacial score (nSPS) is 12.9. The van der Waals surface area contributed by atoms with Crippen LogP contribution in [0.1, 0.15) is 26.3 Å². The van der Waals surface area contributed by atoms with Crippen molar-refractivity contribution in [3.63, 3.8) is 0 Å². The summed E-state index contributed by atoms with van der Waals surface area (Å²) in [6.45, 7) is 7.42. The van der Waals surface area contributed by atoms with E-state index in [1.165, 1.54) is 5.56 Å². The minimum atomic E-state index is 0.172. The highest BCUT2D eigenvalue weighted by molar-refractivity contribution is 6.33. The van der Waals surface area contributed by atoms with Crippen molar-refractivity contribution in [2.45, 2.75) is 33.2 Å². The fourth-order valence-electron chi connectivity index (χ4n) is 2.00. The van der Waals surface area contributed by atoms with Crippen molar-refractivity contribution in [3.8, 4) is 0 Å². The van der Waals surface area contributed by atoms with E-state index in [0.717, 1.165) is 23.7 Å². The van der Waals surface area contributed by atoms with Crippen LogP contribution in [0.25, 0.3) is 0 Å². The van der Waals surface area contributed by atoms with Crippen molar-refractivity contribution in [3.05, 3.63) is 28.8 Å². The minimum Gasteiger partial charge on any atom is -0.373 e. The number of nitrogens with two attached hydrogens (primary N) is 1. The van der Waals surface area contributed by atoms with Crippen molar-refractivity contribution in [2.24, 2.45) is 11.7 Å². The summed E-state index contributed by atoms with van der Waals surface area (Å²) in [7, 11) is 2.08. The highest BCUT2D eigenvalue weighted by Crippen LogP contribution is 2.27. The average molecular weight is 255 g/mol. The minimum absolute atomic E-state index is 0.172. The Morgan fingerprint density at radius 1 is 1.29 bits per heavy atom. The van der Waals surface area contributed by atoms with Gasteiger partial charge in [0, 0.05) is 19.6 Å². The molecule has 96 valence electrons. The number of anilines is 1. The third-order valence-corrected chi connectivity index (χ3v) is 2.92. The number of hydrogen-bond donors (Lipinski definition) is 1. The third-order valence-electron chi connectivity index (χ3n) is 2.62. The van der Waals surface area contributed by atoms with Crippen LogP contribution in [0.5, 0.6) is 0 Å². The van der Waals surface area contributed by atoms with Crippen LogP contribution < -0.4 is 10.6 Å². The molecule has 3 heteroatoms. The van der Waals surface area contributed by atoms with Gasteiger partial charge in [0.1, 0.15) is 0 Å². The molecule has 0 bridgehead atoms. The highest BCUT2D eigenvalue weighted by Gasteiger charge is 2.09. The number of rotatable bonds is 5. The van der Waals surface area contributed by atoms with Crippen molar-refractivity contribution < 1.29 is 0 Å². The molecule has 1 unspecified atom stereocenters. The van der Waals surface area contributed by atoms with Crippen LogP contribution in [-0.4, -0.2) is 19.6 Å². The summed E-state index contributed by atoms with van der Waals surface area (Å²) in [4.78, 5) is 2.20. The van der Waals surface area contributed by atoms with E-state index >= 15 is 0 Å². The van der Waals surface area contributed by atoms with Crippen molar-refractivity contribution >= 4 is 17.3 Å². The van der Waals surface area contributed by atoms with Gasteiger partial charge in [-0.25, -0.2) is 0 Å². The molecule has 0 spiro atoms. The zero-order valence-electron chi connectivity index (χ0n) is 11.2. The van der Waals surface area contributed by atoms with Crippen molar-refractivity contribution in [1.82, 2.24) is 0 Å². The Bertz CT molecular complexity index is 361. The standard InChI is InChI=1S/C14H23ClN2/c1-10(2)9-17(4)14-6-5-12(7-11(3)16)8-13(14)15/h5-6,8,10-11H,7,9,16H2,1-4H3. The van der Waals surface area contributed by atoms with E-state index in [-0.39, 0.29) is 6.04 Å². The fourth-order valence-corrected chi connectivity index (χ4v) is 2.35. The Morgan fingerprint density at radius 2 is 1.94 bits per heavy atom. The molecule has 0 heterocycles. The third kappa shape index (κ3) is 4.57. The molecular weight excluding hydrogens is 232 g/mol. The van der Waals surface area contributed by atoms with Gasteiger partial charge in [0.15, 0.2) is 0 Å². The lowest BCUT2D eigenvalue weighted by molar-refractivity contribution is 0.638. The van der Waals surface area contributed by atoms with E-state index in [1.54, 1.807) is 0 Å². The lowest BCUT2D eigenvalue weighted by Gasteiger charge is -2.23. The summed E-state index contributed by atoms with van der Waals surface area (Å²) in [6.07, 6.45) is 0.869. The molecule has 0 saturated carbocycles. The molecule has 0 saturated heterocycles. The summed E-state index contributed by atoms with van der Waals surface area (Å²) < 4.78 is 0. The number of hydrogen-bond acceptors (Lipinski definition) is 2. The zero-order chi connectivity index (χ0) is 13.0. The van der Waals surface area contributed by atoms with Crippen LogP contribution in [0.4, 0.5) is 5.69 Å². The molecule has 2 nitrogen and oxygen atoms in total. The maximum absolute atomic E-state index is 6.31. The van der Waals surface area contributed by atoms with Crippen LogP contribution in [0.15, 0.2) is 18.2 Å². The first-order valence-electron chi connectivity index (χ1n) is 6.15. The topological polar surface area (TPSA) is 29.3 Å². The maximum Gasteiger partial charge on any atom is 0.0642 e. The van der Waals surface area contributed by atoms with E-state index in [0.29, 0.717) is 5.92 Å². The fraction of sp³-hybridized carbons (Fsp3) is 0.571. The van der Waals surface area contributed by atoms with Gasteiger partial charge in [-0.1, -0.05) is 31.5 Å². The second-order valence-corrected chi connectivity index (χ2v) is 5.65. The monoisotopic (exact) mass is 254 g/mol. The molecule has 0 radical (unpaired) electrons.